The van der Waals surface area contributed by atoms with E-state index in [4.69, 9.17) is 0 Å². The number of benzene rings is 2. The summed E-state index contributed by atoms with van der Waals surface area (Å²) in [7, 11) is 0. The van der Waals surface area contributed by atoms with Crippen molar-refractivity contribution in [3.8, 4) is 0 Å². The highest BCUT2D eigenvalue weighted by atomic mass is 16.2. The number of aryl methyl sites for hydroxylation is 3. The molecule has 0 saturated carbocycles. The third-order valence-electron chi connectivity index (χ3n) is 4.58. The molecule has 4 nitrogen and oxygen atoms in total. The summed E-state index contributed by atoms with van der Waals surface area (Å²) in [5.41, 5.74) is 4.03. The van der Waals surface area contributed by atoms with Gasteiger partial charge in [-0.25, -0.2) is 4.79 Å². The molecule has 1 N–H and O–H groups in total. The van der Waals surface area contributed by atoms with Gasteiger partial charge in [0.1, 0.15) is 5.54 Å². The molecule has 3 amide bonds. The monoisotopic (exact) mass is 322 g/mol. The van der Waals surface area contributed by atoms with Gasteiger partial charge in [-0.15, -0.1) is 0 Å². The molecule has 4 heteroatoms. The van der Waals surface area contributed by atoms with Crippen LogP contribution in [0.2, 0.25) is 0 Å². The van der Waals surface area contributed by atoms with Crippen LogP contribution >= 0.6 is 0 Å². The van der Waals surface area contributed by atoms with Crippen molar-refractivity contribution in [2.45, 2.75) is 39.8 Å². The Balaban J connectivity index is 1.93. The first-order valence-corrected chi connectivity index (χ1v) is 8.08. The van der Waals surface area contributed by atoms with Gasteiger partial charge < -0.3 is 5.32 Å². The minimum Gasteiger partial charge on any atom is -0.319 e. The van der Waals surface area contributed by atoms with Crippen LogP contribution in [0.15, 0.2) is 42.5 Å². The van der Waals surface area contributed by atoms with Crippen molar-refractivity contribution in [1.29, 1.82) is 0 Å². The van der Waals surface area contributed by atoms with Crippen molar-refractivity contribution >= 4 is 11.9 Å². The van der Waals surface area contributed by atoms with Gasteiger partial charge in [-0.2, -0.15) is 0 Å². The summed E-state index contributed by atoms with van der Waals surface area (Å²) in [6.07, 6.45) is 0. The summed E-state index contributed by atoms with van der Waals surface area (Å²) in [4.78, 5) is 26.8. The quantitative estimate of drug-likeness (QED) is 0.878. The second kappa shape index (κ2) is 5.78. The predicted octanol–water partition coefficient (Wildman–Crippen LogP) is 3.58. The van der Waals surface area contributed by atoms with E-state index in [9.17, 15) is 9.59 Å². The summed E-state index contributed by atoms with van der Waals surface area (Å²) in [5, 5.41) is 2.87. The number of hydrogen-bond acceptors (Lipinski definition) is 2. The lowest BCUT2D eigenvalue weighted by molar-refractivity contribution is -0.131. The Kier molecular flexibility index (Phi) is 3.91. The fourth-order valence-electron chi connectivity index (χ4n) is 3.50. The average Bonchev–Trinajstić information content (AvgIpc) is 2.71. The predicted molar refractivity (Wildman–Crippen MR) is 93.5 cm³/mol. The molecule has 1 aliphatic heterocycles. The zero-order chi connectivity index (χ0) is 17.5. The lowest BCUT2D eigenvalue weighted by atomic mass is 9.88. The largest absolute Gasteiger partial charge is 0.325 e. The molecule has 1 fully saturated rings. The minimum absolute atomic E-state index is 0.207. The number of imide groups is 1. The molecule has 0 spiro atoms. The number of carbonyl (C=O) groups excluding carboxylic acids is 2. The van der Waals surface area contributed by atoms with E-state index in [1.54, 1.807) is 6.92 Å². The molecule has 0 radical (unpaired) electrons. The van der Waals surface area contributed by atoms with Gasteiger partial charge in [0, 0.05) is 0 Å². The van der Waals surface area contributed by atoms with E-state index in [2.05, 4.69) is 11.4 Å². The number of amides is 3. The maximum absolute atomic E-state index is 13.0. The number of carbonyl (C=O) groups is 2. The third-order valence-corrected chi connectivity index (χ3v) is 4.58. The summed E-state index contributed by atoms with van der Waals surface area (Å²) in [6.45, 7) is 8.04. The third kappa shape index (κ3) is 2.68. The Hall–Kier alpha value is -2.62. The highest BCUT2D eigenvalue weighted by Crippen LogP contribution is 2.31. The van der Waals surface area contributed by atoms with Crippen LogP contribution in [-0.4, -0.2) is 16.8 Å². The average molecular weight is 322 g/mol. The van der Waals surface area contributed by atoms with Crippen LogP contribution in [0.25, 0.3) is 0 Å². The van der Waals surface area contributed by atoms with Gasteiger partial charge in [-0.3, -0.25) is 9.69 Å². The Labute approximate surface area is 142 Å². The normalized spacial score (nSPS) is 20.4. The summed E-state index contributed by atoms with van der Waals surface area (Å²) in [5.74, 6) is -0.207. The Morgan fingerprint density at radius 2 is 1.62 bits per heavy atom. The van der Waals surface area contributed by atoms with Crippen molar-refractivity contribution in [3.63, 3.8) is 0 Å². The molecule has 2 aromatic rings. The molecular formula is C20H22N2O2. The second-order valence-corrected chi connectivity index (χ2v) is 6.76. The van der Waals surface area contributed by atoms with Crippen LogP contribution in [0, 0.1) is 20.8 Å². The first-order chi connectivity index (χ1) is 11.3. The minimum atomic E-state index is -1.01. The molecule has 1 heterocycles. The first-order valence-electron chi connectivity index (χ1n) is 8.08. The highest BCUT2D eigenvalue weighted by Gasteiger charge is 2.49. The maximum Gasteiger partial charge on any atom is 0.325 e. The van der Waals surface area contributed by atoms with Crippen LogP contribution in [0.4, 0.5) is 4.79 Å². The topological polar surface area (TPSA) is 49.4 Å². The summed E-state index contributed by atoms with van der Waals surface area (Å²) < 4.78 is 0. The van der Waals surface area contributed by atoms with Gasteiger partial charge in [0.25, 0.3) is 5.91 Å². The van der Waals surface area contributed by atoms with E-state index >= 15 is 0 Å². The summed E-state index contributed by atoms with van der Waals surface area (Å²) >= 11 is 0. The number of nitrogens with zero attached hydrogens (tertiary/aromatic N) is 1. The van der Waals surface area contributed by atoms with E-state index in [-0.39, 0.29) is 18.5 Å². The van der Waals surface area contributed by atoms with E-state index in [0.717, 1.165) is 27.8 Å². The fraction of sp³-hybridized carbons (Fsp3) is 0.300. The van der Waals surface area contributed by atoms with E-state index in [0.29, 0.717) is 0 Å². The number of nitrogens with one attached hydrogen (secondary N) is 1. The Bertz CT molecular complexity index is 808. The molecule has 1 unspecified atom stereocenters. The molecule has 1 saturated heterocycles. The maximum atomic E-state index is 13.0. The van der Waals surface area contributed by atoms with Crippen LogP contribution in [0.5, 0.6) is 0 Å². The zero-order valence-corrected chi connectivity index (χ0v) is 14.5. The molecule has 1 atom stereocenters. The SMILES string of the molecule is Cc1cc(C)cc(CN2C(=O)NC(C)(c3ccccc3C)C2=O)c1. The van der Waals surface area contributed by atoms with Crippen LogP contribution in [-0.2, 0) is 16.9 Å². The van der Waals surface area contributed by atoms with Gasteiger partial charge in [0.2, 0.25) is 0 Å². The highest BCUT2D eigenvalue weighted by molar-refractivity contribution is 6.07. The van der Waals surface area contributed by atoms with Crippen LogP contribution < -0.4 is 5.32 Å². The van der Waals surface area contributed by atoms with E-state index < -0.39 is 5.54 Å². The summed E-state index contributed by atoms with van der Waals surface area (Å²) in [6, 6.07) is 13.4. The molecule has 124 valence electrons. The van der Waals surface area contributed by atoms with Gasteiger partial charge >= 0.3 is 6.03 Å². The van der Waals surface area contributed by atoms with Crippen molar-refractivity contribution in [3.05, 3.63) is 70.3 Å². The van der Waals surface area contributed by atoms with Gasteiger partial charge in [0.05, 0.1) is 6.54 Å². The Morgan fingerprint density at radius 1 is 1.00 bits per heavy atom. The van der Waals surface area contributed by atoms with Crippen molar-refractivity contribution in [2.75, 3.05) is 0 Å². The number of hydrogen-bond donors (Lipinski definition) is 1. The lowest BCUT2D eigenvalue weighted by Gasteiger charge is -2.24. The van der Waals surface area contributed by atoms with E-state index in [1.165, 1.54) is 4.90 Å². The lowest BCUT2D eigenvalue weighted by Crippen LogP contribution is -2.41. The van der Waals surface area contributed by atoms with Crippen molar-refractivity contribution in [1.82, 2.24) is 10.2 Å². The standard InChI is InChI=1S/C20H22N2O2/c1-13-9-14(2)11-16(10-13)12-22-18(23)20(4,21-19(22)24)17-8-6-5-7-15(17)3/h5-11H,12H2,1-4H3,(H,21,24). The molecular weight excluding hydrogens is 300 g/mol. The van der Waals surface area contributed by atoms with Gasteiger partial charge in [-0.1, -0.05) is 53.6 Å². The smallest absolute Gasteiger partial charge is 0.319 e. The molecule has 24 heavy (non-hydrogen) atoms. The fourth-order valence-corrected chi connectivity index (χ4v) is 3.50. The van der Waals surface area contributed by atoms with Gasteiger partial charge in [0.15, 0.2) is 0 Å². The molecule has 3 rings (SSSR count). The molecule has 0 aliphatic carbocycles. The second-order valence-electron chi connectivity index (χ2n) is 6.76. The number of rotatable bonds is 3. The van der Waals surface area contributed by atoms with Crippen molar-refractivity contribution < 1.29 is 9.59 Å². The first kappa shape index (κ1) is 16.2. The van der Waals surface area contributed by atoms with Crippen LogP contribution in [0.1, 0.15) is 34.7 Å². The number of urea groups is 1. The zero-order valence-electron chi connectivity index (χ0n) is 14.5. The molecule has 0 aromatic heterocycles. The molecule has 2 aromatic carbocycles. The molecule has 0 bridgehead atoms. The van der Waals surface area contributed by atoms with Crippen LogP contribution in [0.3, 0.4) is 0 Å². The Morgan fingerprint density at radius 3 is 2.25 bits per heavy atom. The van der Waals surface area contributed by atoms with E-state index in [1.807, 2.05) is 57.2 Å². The molecule has 1 aliphatic rings. The van der Waals surface area contributed by atoms with Gasteiger partial charge in [-0.05, 0) is 44.4 Å². The van der Waals surface area contributed by atoms with Crippen molar-refractivity contribution in [2.24, 2.45) is 0 Å².